The van der Waals surface area contributed by atoms with E-state index in [1.807, 2.05) is 6.92 Å². The molecule has 1 aliphatic heterocycles. The van der Waals surface area contributed by atoms with Crippen molar-refractivity contribution in [1.29, 1.82) is 0 Å². The first kappa shape index (κ1) is 13.4. The lowest BCUT2D eigenvalue weighted by atomic mass is 10.1. The van der Waals surface area contributed by atoms with Crippen LogP contribution in [0.3, 0.4) is 0 Å². The van der Waals surface area contributed by atoms with Crippen LogP contribution in [0.4, 0.5) is 0 Å². The second-order valence-corrected chi connectivity index (χ2v) is 4.32. The van der Waals surface area contributed by atoms with Gasteiger partial charge in [0.2, 0.25) is 0 Å². The smallest absolute Gasteiger partial charge is 0.308 e. The zero-order chi connectivity index (χ0) is 12.0. The molecule has 5 heteroatoms. The maximum absolute atomic E-state index is 11.1. The van der Waals surface area contributed by atoms with Crippen molar-refractivity contribution in [3.05, 3.63) is 0 Å². The maximum atomic E-state index is 11.1. The van der Waals surface area contributed by atoms with E-state index in [2.05, 4.69) is 9.64 Å². The number of aliphatic hydroxyl groups is 1. The van der Waals surface area contributed by atoms with E-state index in [4.69, 9.17) is 9.84 Å². The molecule has 94 valence electrons. The number of aliphatic hydroxyl groups excluding tert-OH is 1. The molecule has 0 aromatic rings. The van der Waals surface area contributed by atoms with Gasteiger partial charge in [0, 0.05) is 26.2 Å². The Labute approximate surface area is 96.3 Å². The Morgan fingerprint density at radius 1 is 1.69 bits per heavy atom. The van der Waals surface area contributed by atoms with Gasteiger partial charge in [-0.1, -0.05) is 6.92 Å². The Hall–Kier alpha value is -0.650. The fraction of sp³-hybridized carbons (Fsp3) is 0.909. The van der Waals surface area contributed by atoms with Crippen molar-refractivity contribution in [3.63, 3.8) is 0 Å². The Balaban J connectivity index is 2.32. The van der Waals surface area contributed by atoms with Crippen LogP contribution in [0.1, 0.15) is 13.3 Å². The number of hydrogen-bond acceptors (Lipinski definition) is 5. The summed E-state index contributed by atoms with van der Waals surface area (Å²) >= 11 is 0. The number of esters is 1. The largest absolute Gasteiger partial charge is 0.469 e. The monoisotopic (exact) mass is 231 g/mol. The molecule has 1 aliphatic rings. The van der Waals surface area contributed by atoms with Crippen molar-refractivity contribution >= 4 is 5.97 Å². The van der Waals surface area contributed by atoms with Gasteiger partial charge in [0.1, 0.15) is 0 Å². The van der Waals surface area contributed by atoms with E-state index in [-0.39, 0.29) is 24.6 Å². The van der Waals surface area contributed by atoms with Crippen LogP contribution in [0.25, 0.3) is 0 Å². The number of morpholine rings is 1. The third kappa shape index (κ3) is 4.47. The molecule has 0 saturated carbocycles. The Bertz CT molecular complexity index is 222. The van der Waals surface area contributed by atoms with Crippen LogP contribution in [0.5, 0.6) is 0 Å². The van der Waals surface area contributed by atoms with E-state index >= 15 is 0 Å². The number of ether oxygens (including phenoxy) is 2. The molecule has 1 heterocycles. The summed E-state index contributed by atoms with van der Waals surface area (Å²) in [5.41, 5.74) is 0. The molecule has 0 bridgehead atoms. The molecule has 0 aliphatic carbocycles. The lowest BCUT2D eigenvalue weighted by Gasteiger charge is -2.33. The van der Waals surface area contributed by atoms with Crippen molar-refractivity contribution < 1.29 is 19.4 Å². The van der Waals surface area contributed by atoms with Crippen LogP contribution in [0, 0.1) is 5.92 Å². The minimum absolute atomic E-state index is 0.0768. The molecule has 1 fully saturated rings. The molecule has 2 atom stereocenters. The number of hydrogen-bond donors (Lipinski definition) is 1. The van der Waals surface area contributed by atoms with E-state index in [0.29, 0.717) is 13.0 Å². The molecule has 5 nitrogen and oxygen atoms in total. The molecule has 0 spiro atoms. The number of nitrogens with zero attached hydrogens (tertiary/aromatic N) is 1. The highest BCUT2D eigenvalue weighted by Crippen LogP contribution is 2.11. The summed E-state index contributed by atoms with van der Waals surface area (Å²) in [4.78, 5) is 13.3. The Kier molecular flexibility index (Phi) is 5.73. The van der Waals surface area contributed by atoms with Crippen molar-refractivity contribution in [1.82, 2.24) is 4.90 Å². The van der Waals surface area contributed by atoms with Gasteiger partial charge in [-0.05, 0) is 5.92 Å². The van der Waals surface area contributed by atoms with Crippen molar-refractivity contribution in [3.8, 4) is 0 Å². The minimum atomic E-state index is -0.234. The van der Waals surface area contributed by atoms with E-state index in [0.717, 1.165) is 19.6 Å². The average molecular weight is 231 g/mol. The summed E-state index contributed by atoms with van der Waals surface area (Å²) in [6, 6.07) is 0. The van der Waals surface area contributed by atoms with Crippen LogP contribution >= 0.6 is 0 Å². The Morgan fingerprint density at radius 2 is 2.44 bits per heavy atom. The number of methoxy groups -OCH3 is 1. The first-order valence-electron chi connectivity index (χ1n) is 5.67. The van der Waals surface area contributed by atoms with Crippen LogP contribution in [-0.4, -0.2) is 62.0 Å². The molecular formula is C11H21NO4. The van der Waals surface area contributed by atoms with Gasteiger partial charge in [-0.2, -0.15) is 0 Å². The molecular weight excluding hydrogens is 210 g/mol. The molecule has 0 aromatic carbocycles. The second kappa shape index (κ2) is 6.83. The number of rotatable bonds is 5. The molecule has 2 unspecified atom stereocenters. The molecule has 0 radical (unpaired) electrons. The van der Waals surface area contributed by atoms with Gasteiger partial charge >= 0.3 is 5.97 Å². The van der Waals surface area contributed by atoms with Crippen LogP contribution in [0.2, 0.25) is 0 Å². The van der Waals surface area contributed by atoms with E-state index in [9.17, 15) is 4.79 Å². The molecule has 0 aromatic heterocycles. The lowest BCUT2D eigenvalue weighted by molar-refractivity contribution is -0.145. The summed E-state index contributed by atoms with van der Waals surface area (Å²) in [5, 5.41) is 8.98. The normalized spacial score (nSPS) is 24.1. The molecule has 1 N–H and O–H groups in total. The van der Waals surface area contributed by atoms with Crippen LogP contribution < -0.4 is 0 Å². The van der Waals surface area contributed by atoms with Crippen molar-refractivity contribution in [2.45, 2.75) is 19.4 Å². The van der Waals surface area contributed by atoms with Crippen LogP contribution in [-0.2, 0) is 14.3 Å². The fourth-order valence-corrected chi connectivity index (χ4v) is 1.84. The first-order valence-corrected chi connectivity index (χ1v) is 5.67. The van der Waals surface area contributed by atoms with Gasteiger partial charge < -0.3 is 14.6 Å². The van der Waals surface area contributed by atoms with Gasteiger partial charge in [0.25, 0.3) is 0 Å². The SMILES string of the molecule is COC(=O)CC1CN(CC(C)CO)CCO1. The first-order chi connectivity index (χ1) is 7.65. The summed E-state index contributed by atoms with van der Waals surface area (Å²) in [6.07, 6.45) is 0.229. The quantitative estimate of drug-likeness (QED) is 0.668. The van der Waals surface area contributed by atoms with Crippen LogP contribution in [0.15, 0.2) is 0 Å². The average Bonchev–Trinajstić information content (AvgIpc) is 2.29. The van der Waals surface area contributed by atoms with Crippen molar-refractivity contribution in [2.24, 2.45) is 5.92 Å². The maximum Gasteiger partial charge on any atom is 0.308 e. The zero-order valence-corrected chi connectivity index (χ0v) is 10.0. The third-order valence-electron chi connectivity index (χ3n) is 2.73. The van der Waals surface area contributed by atoms with E-state index < -0.39 is 0 Å². The topological polar surface area (TPSA) is 59.0 Å². The van der Waals surface area contributed by atoms with Gasteiger partial charge in [-0.15, -0.1) is 0 Å². The summed E-state index contributed by atoms with van der Waals surface area (Å²) in [6.45, 7) is 5.28. The highest BCUT2D eigenvalue weighted by atomic mass is 16.5. The highest BCUT2D eigenvalue weighted by molar-refractivity contribution is 5.69. The summed E-state index contributed by atoms with van der Waals surface area (Å²) < 4.78 is 10.1. The predicted octanol–water partition coefficient (Wildman–Crippen LogP) is -0.121. The van der Waals surface area contributed by atoms with Gasteiger partial charge in [-0.3, -0.25) is 9.69 Å². The van der Waals surface area contributed by atoms with Crippen molar-refractivity contribution in [2.75, 3.05) is 40.0 Å². The standard InChI is InChI=1S/C11H21NO4/c1-9(8-13)6-12-3-4-16-10(7-12)5-11(14)15-2/h9-10,13H,3-8H2,1-2H3. The van der Waals surface area contributed by atoms with Gasteiger partial charge in [-0.25, -0.2) is 0 Å². The molecule has 0 amide bonds. The highest BCUT2D eigenvalue weighted by Gasteiger charge is 2.23. The fourth-order valence-electron chi connectivity index (χ4n) is 1.84. The Morgan fingerprint density at radius 3 is 3.06 bits per heavy atom. The number of carbonyl (C=O) groups is 1. The predicted molar refractivity (Wildman–Crippen MR) is 59.1 cm³/mol. The summed E-state index contributed by atoms with van der Waals surface area (Å²) in [7, 11) is 1.39. The zero-order valence-electron chi connectivity index (χ0n) is 10.0. The van der Waals surface area contributed by atoms with E-state index in [1.54, 1.807) is 0 Å². The molecule has 1 rings (SSSR count). The number of carbonyl (C=O) groups excluding carboxylic acids is 1. The van der Waals surface area contributed by atoms with Gasteiger partial charge in [0.05, 0.1) is 26.2 Å². The molecule has 1 saturated heterocycles. The second-order valence-electron chi connectivity index (χ2n) is 4.32. The summed E-state index contributed by atoms with van der Waals surface area (Å²) in [5.74, 6) is 0.0268. The van der Waals surface area contributed by atoms with E-state index in [1.165, 1.54) is 7.11 Å². The molecule has 16 heavy (non-hydrogen) atoms. The van der Waals surface area contributed by atoms with Gasteiger partial charge in [0.15, 0.2) is 0 Å². The lowest BCUT2D eigenvalue weighted by Crippen LogP contribution is -2.45. The minimum Gasteiger partial charge on any atom is -0.469 e. The third-order valence-corrected chi connectivity index (χ3v) is 2.73.